The third-order valence-corrected chi connectivity index (χ3v) is 1.83. The number of rotatable bonds is 3. The van der Waals surface area contributed by atoms with E-state index in [1.807, 2.05) is 18.5 Å². The topological polar surface area (TPSA) is 17.8 Å². The second-order valence-electron chi connectivity index (χ2n) is 2.95. The fourth-order valence-electron chi connectivity index (χ4n) is 1.13. The molecule has 0 radical (unpaired) electrons. The van der Waals surface area contributed by atoms with Crippen LogP contribution in [0.5, 0.6) is 0 Å². The molecule has 12 heavy (non-hydrogen) atoms. The number of hydrogen-bond donors (Lipinski definition) is 0. The van der Waals surface area contributed by atoms with Crippen molar-refractivity contribution in [2.24, 2.45) is 0 Å². The van der Waals surface area contributed by atoms with Gasteiger partial charge in [-0.2, -0.15) is 0 Å². The van der Waals surface area contributed by atoms with Gasteiger partial charge in [-0.25, -0.2) is 4.98 Å². The molecule has 66 valence electrons. The van der Waals surface area contributed by atoms with Gasteiger partial charge < -0.3 is 4.57 Å². The van der Waals surface area contributed by atoms with E-state index in [1.165, 1.54) is 5.54 Å². The average molecular weight is 185 g/mol. The summed E-state index contributed by atoms with van der Waals surface area (Å²) in [7, 11) is 0. The Morgan fingerprint density at radius 2 is 2.42 bits per heavy atom. The third kappa shape index (κ3) is 2.11. The molecule has 0 aliphatic heterocycles. The highest BCUT2D eigenvalue weighted by Gasteiger charge is 2.04. The molecule has 1 aromatic heterocycles. The number of nitrogens with zero attached hydrogens (tertiary/aromatic N) is 2. The number of hydrogen-bond acceptors (Lipinski definition) is 1. The average Bonchev–Trinajstić information content (AvgIpc) is 2.48. The maximum atomic E-state index is 5.44. The Hall–Kier alpha value is -0.760. The second-order valence-corrected chi connectivity index (χ2v) is 3.21. The van der Waals surface area contributed by atoms with Crippen molar-refractivity contribution in [3.63, 3.8) is 0 Å². The van der Waals surface area contributed by atoms with Crippen LogP contribution in [0, 0.1) is 0 Å². The van der Waals surface area contributed by atoms with Gasteiger partial charge >= 0.3 is 0 Å². The van der Waals surface area contributed by atoms with Crippen LogP contribution < -0.4 is 0 Å². The minimum absolute atomic E-state index is 0.462. The molecule has 3 heteroatoms. The first-order valence-electron chi connectivity index (χ1n) is 4.02. The quantitative estimate of drug-likeness (QED) is 0.707. The molecule has 1 aromatic rings. The number of imidazole rings is 1. The summed E-state index contributed by atoms with van der Waals surface area (Å²) >= 11 is 5.44. The largest absolute Gasteiger partial charge is 0.331 e. The minimum atomic E-state index is 0.462. The lowest BCUT2D eigenvalue weighted by Gasteiger charge is -2.06. The summed E-state index contributed by atoms with van der Waals surface area (Å²) in [5.74, 6) is 1.56. The van der Waals surface area contributed by atoms with Gasteiger partial charge in [-0.05, 0) is 0 Å². The van der Waals surface area contributed by atoms with E-state index in [0.29, 0.717) is 5.92 Å². The number of halogens is 1. The van der Waals surface area contributed by atoms with Crippen molar-refractivity contribution in [2.75, 3.05) is 0 Å². The smallest absolute Gasteiger partial charge is 0.111 e. The molecule has 0 fully saturated rings. The summed E-state index contributed by atoms with van der Waals surface area (Å²) < 4.78 is 2.09. The van der Waals surface area contributed by atoms with E-state index in [2.05, 4.69) is 23.4 Å². The van der Waals surface area contributed by atoms with Crippen LogP contribution in [0.4, 0.5) is 0 Å². The zero-order valence-electron chi connectivity index (χ0n) is 7.37. The zero-order chi connectivity index (χ0) is 8.97. The normalized spacial score (nSPS) is 11.7. The predicted octanol–water partition coefficient (Wildman–Crippen LogP) is 2.76. The van der Waals surface area contributed by atoms with Gasteiger partial charge in [0.25, 0.3) is 0 Å². The van der Waals surface area contributed by atoms with Crippen LogP contribution in [0.3, 0.4) is 0 Å². The van der Waals surface area contributed by atoms with Crippen LogP contribution in [0.25, 0.3) is 0 Å². The monoisotopic (exact) mass is 184 g/mol. The highest BCUT2D eigenvalue weighted by molar-refractivity contribution is 6.25. The predicted molar refractivity (Wildman–Crippen MR) is 51.3 cm³/mol. The molecule has 0 atom stereocenters. The van der Waals surface area contributed by atoms with Gasteiger partial charge in [0, 0.05) is 30.4 Å². The van der Waals surface area contributed by atoms with E-state index in [0.717, 1.165) is 12.4 Å². The van der Waals surface area contributed by atoms with Crippen molar-refractivity contribution >= 4 is 11.6 Å². The first kappa shape index (κ1) is 9.33. The van der Waals surface area contributed by atoms with Gasteiger partial charge in [0.2, 0.25) is 0 Å². The lowest BCUT2D eigenvalue weighted by molar-refractivity contribution is 0.678. The Kier molecular flexibility index (Phi) is 3.35. The standard InChI is InChI=1S/C9H13ClN2/c1-8(2)9-11-5-7-12(9)6-3-4-10/h3-5,7-8H,6H2,1-2H3. The maximum absolute atomic E-state index is 5.44. The molecule has 0 saturated heterocycles. The van der Waals surface area contributed by atoms with Crippen LogP contribution in [0.2, 0.25) is 0 Å². The molecule has 0 aromatic carbocycles. The van der Waals surface area contributed by atoms with Crippen LogP contribution in [0.1, 0.15) is 25.6 Å². The minimum Gasteiger partial charge on any atom is -0.331 e. The summed E-state index contributed by atoms with van der Waals surface area (Å²) in [5, 5.41) is 0. The van der Waals surface area contributed by atoms with Crippen LogP contribution in [-0.2, 0) is 6.54 Å². The molecule has 0 saturated carbocycles. The summed E-state index contributed by atoms with van der Waals surface area (Å²) in [6, 6.07) is 0. The van der Waals surface area contributed by atoms with Gasteiger partial charge in [-0.15, -0.1) is 0 Å². The molecule has 2 nitrogen and oxygen atoms in total. The Labute approximate surface area is 77.9 Å². The molecule has 0 aliphatic rings. The first-order chi connectivity index (χ1) is 5.75. The van der Waals surface area contributed by atoms with Crippen molar-refractivity contribution < 1.29 is 0 Å². The SMILES string of the molecule is CC(C)c1nccn1CC=CCl. The molecule has 1 heterocycles. The van der Waals surface area contributed by atoms with E-state index in [4.69, 9.17) is 11.6 Å². The second kappa shape index (κ2) is 4.31. The molecular formula is C9H13ClN2. The molecule has 0 N–H and O–H groups in total. The Morgan fingerprint density at radius 3 is 3.00 bits per heavy atom. The molecule has 1 rings (SSSR count). The van der Waals surface area contributed by atoms with E-state index in [9.17, 15) is 0 Å². The maximum Gasteiger partial charge on any atom is 0.111 e. The molecule has 0 aliphatic carbocycles. The van der Waals surface area contributed by atoms with Gasteiger partial charge in [0.1, 0.15) is 5.82 Å². The van der Waals surface area contributed by atoms with Crippen LogP contribution in [-0.4, -0.2) is 9.55 Å². The van der Waals surface area contributed by atoms with Crippen LogP contribution in [0.15, 0.2) is 24.0 Å². The van der Waals surface area contributed by atoms with Gasteiger partial charge in [-0.3, -0.25) is 0 Å². The summed E-state index contributed by atoms with van der Waals surface area (Å²) in [6.45, 7) is 5.06. The van der Waals surface area contributed by atoms with Crippen LogP contribution >= 0.6 is 11.6 Å². The van der Waals surface area contributed by atoms with Gasteiger partial charge in [0.05, 0.1) is 0 Å². The van der Waals surface area contributed by atoms with Gasteiger partial charge in [0.15, 0.2) is 0 Å². The Morgan fingerprint density at radius 1 is 1.67 bits per heavy atom. The Balaban J connectivity index is 2.77. The highest BCUT2D eigenvalue weighted by atomic mass is 35.5. The number of allylic oxidation sites excluding steroid dienone is 1. The summed E-state index contributed by atoms with van der Waals surface area (Å²) in [5.41, 5.74) is 1.53. The third-order valence-electron chi connectivity index (χ3n) is 1.66. The van der Waals surface area contributed by atoms with Crippen molar-refractivity contribution in [1.29, 1.82) is 0 Å². The fraction of sp³-hybridized carbons (Fsp3) is 0.444. The lowest BCUT2D eigenvalue weighted by Crippen LogP contribution is -2.02. The van der Waals surface area contributed by atoms with Crippen molar-refractivity contribution in [3.05, 3.63) is 29.8 Å². The number of aromatic nitrogens is 2. The molecule has 0 unspecified atom stereocenters. The van der Waals surface area contributed by atoms with Crippen molar-refractivity contribution in [3.8, 4) is 0 Å². The zero-order valence-corrected chi connectivity index (χ0v) is 8.12. The fourth-order valence-corrected chi connectivity index (χ4v) is 1.21. The van der Waals surface area contributed by atoms with E-state index < -0.39 is 0 Å². The van der Waals surface area contributed by atoms with Crippen molar-refractivity contribution in [1.82, 2.24) is 9.55 Å². The highest BCUT2D eigenvalue weighted by Crippen LogP contribution is 2.11. The Bertz CT molecular complexity index is 263. The summed E-state index contributed by atoms with van der Waals surface area (Å²) in [6.07, 6.45) is 5.68. The van der Waals surface area contributed by atoms with Gasteiger partial charge in [-0.1, -0.05) is 31.5 Å². The lowest BCUT2D eigenvalue weighted by atomic mass is 10.2. The van der Waals surface area contributed by atoms with E-state index >= 15 is 0 Å². The van der Waals surface area contributed by atoms with E-state index in [-0.39, 0.29) is 0 Å². The first-order valence-corrected chi connectivity index (χ1v) is 4.45. The van der Waals surface area contributed by atoms with Crippen molar-refractivity contribution in [2.45, 2.75) is 26.3 Å². The van der Waals surface area contributed by atoms with E-state index in [1.54, 1.807) is 0 Å². The molecule has 0 bridgehead atoms. The molecule has 0 spiro atoms. The molecule has 0 amide bonds. The summed E-state index contributed by atoms with van der Waals surface area (Å²) in [4.78, 5) is 4.25. The molecular weight excluding hydrogens is 172 g/mol.